The Morgan fingerprint density at radius 2 is 2.00 bits per heavy atom. The van der Waals surface area contributed by atoms with Gasteiger partial charge in [-0.1, -0.05) is 0 Å². The average Bonchev–Trinajstić information content (AvgIpc) is 2.60. The van der Waals surface area contributed by atoms with E-state index in [1.807, 2.05) is 6.07 Å². The number of carbonyl (C=O) groups is 2. The van der Waals surface area contributed by atoms with E-state index in [1.54, 1.807) is 12.1 Å². The largest absolute Gasteiger partial charge is 0.484 e. The summed E-state index contributed by atoms with van der Waals surface area (Å²) < 4.78 is 10.8. The van der Waals surface area contributed by atoms with Gasteiger partial charge in [0.2, 0.25) is 0 Å². The predicted octanol–water partition coefficient (Wildman–Crippen LogP) is 1.64. The normalized spacial score (nSPS) is 14.6. The smallest absolute Gasteiger partial charge is 0.339 e. The zero-order chi connectivity index (χ0) is 18.0. The Morgan fingerprint density at radius 3 is 2.72 bits per heavy atom. The van der Waals surface area contributed by atoms with Crippen molar-refractivity contribution in [3.63, 3.8) is 0 Å². The van der Waals surface area contributed by atoms with Crippen LogP contribution in [-0.2, 0) is 22.4 Å². The third kappa shape index (κ3) is 3.65. The zero-order valence-electron chi connectivity index (χ0n) is 13.8. The molecule has 1 aliphatic carbocycles. The molecule has 1 atom stereocenters. The van der Waals surface area contributed by atoms with Gasteiger partial charge in [0.1, 0.15) is 17.4 Å². The van der Waals surface area contributed by atoms with E-state index < -0.39 is 17.9 Å². The lowest BCUT2D eigenvalue weighted by molar-refractivity contribution is -0.141. The standard InChI is InChI=1S/C18H19NO6/c1-10(17(21)22)19-16(20)9-24-11-6-7-13-12-4-2-3-5-14(12)18(23)25-15(13)8-11/h6-8,10H,2-5,9H2,1H3,(H,19,20)(H,21,22). The number of nitrogens with one attached hydrogen (secondary N) is 1. The molecular weight excluding hydrogens is 326 g/mol. The third-order valence-corrected chi connectivity index (χ3v) is 4.31. The highest BCUT2D eigenvalue weighted by molar-refractivity contribution is 5.85. The molecule has 0 bridgehead atoms. The summed E-state index contributed by atoms with van der Waals surface area (Å²) in [5.74, 6) is -1.28. The van der Waals surface area contributed by atoms with Gasteiger partial charge >= 0.3 is 11.6 Å². The van der Waals surface area contributed by atoms with E-state index >= 15 is 0 Å². The minimum atomic E-state index is -1.12. The summed E-state index contributed by atoms with van der Waals surface area (Å²) in [5.41, 5.74) is 1.92. The fourth-order valence-corrected chi connectivity index (χ4v) is 3.01. The molecule has 0 spiro atoms. The van der Waals surface area contributed by atoms with Gasteiger partial charge in [-0.15, -0.1) is 0 Å². The minimum absolute atomic E-state index is 0.313. The lowest BCUT2D eigenvalue weighted by atomic mass is 9.91. The lowest BCUT2D eigenvalue weighted by Crippen LogP contribution is -2.40. The van der Waals surface area contributed by atoms with Crippen LogP contribution in [0.2, 0.25) is 0 Å². The van der Waals surface area contributed by atoms with Crippen LogP contribution < -0.4 is 15.7 Å². The molecule has 1 heterocycles. The molecule has 7 nitrogen and oxygen atoms in total. The molecule has 1 unspecified atom stereocenters. The molecule has 2 N–H and O–H groups in total. The van der Waals surface area contributed by atoms with Crippen molar-refractivity contribution in [3.05, 3.63) is 39.7 Å². The Hall–Kier alpha value is -2.83. The molecule has 0 saturated heterocycles. The Balaban J connectivity index is 1.77. The average molecular weight is 345 g/mol. The summed E-state index contributed by atoms with van der Waals surface area (Å²) in [5, 5.41) is 12.0. The highest BCUT2D eigenvalue weighted by Crippen LogP contribution is 2.29. The summed E-state index contributed by atoms with van der Waals surface area (Å²) in [4.78, 5) is 34.5. The van der Waals surface area contributed by atoms with Crippen molar-refractivity contribution in [2.45, 2.75) is 38.6 Å². The van der Waals surface area contributed by atoms with E-state index in [4.69, 9.17) is 14.3 Å². The molecule has 7 heteroatoms. The summed E-state index contributed by atoms with van der Waals surface area (Å²) in [6.07, 6.45) is 3.64. The van der Waals surface area contributed by atoms with Crippen LogP contribution in [0, 0.1) is 0 Å². The molecule has 1 aromatic heterocycles. The number of aryl methyl sites for hydroxylation is 1. The van der Waals surface area contributed by atoms with Crippen molar-refractivity contribution in [1.29, 1.82) is 0 Å². The molecule has 0 saturated carbocycles. The van der Waals surface area contributed by atoms with Gasteiger partial charge in [0, 0.05) is 17.0 Å². The van der Waals surface area contributed by atoms with Crippen LogP contribution in [-0.4, -0.2) is 29.6 Å². The number of fused-ring (bicyclic) bond motifs is 3. The van der Waals surface area contributed by atoms with E-state index in [0.717, 1.165) is 42.2 Å². The number of amides is 1. The summed E-state index contributed by atoms with van der Waals surface area (Å²) in [7, 11) is 0. The number of carboxylic acid groups (broad SMARTS) is 1. The fourth-order valence-electron chi connectivity index (χ4n) is 3.01. The number of hydrogen-bond acceptors (Lipinski definition) is 5. The molecule has 0 radical (unpaired) electrons. The molecule has 1 amide bonds. The number of carbonyl (C=O) groups excluding carboxylic acids is 1. The van der Waals surface area contributed by atoms with Gasteiger partial charge in [-0.25, -0.2) is 4.79 Å². The number of benzene rings is 1. The zero-order valence-corrected chi connectivity index (χ0v) is 13.8. The second kappa shape index (κ2) is 6.96. The number of aliphatic carboxylic acids is 1. The first kappa shape index (κ1) is 17.0. The topological polar surface area (TPSA) is 106 Å². The fraction of sp³-hybridized carbons (Fsp3) is 0.389. The first-order valence-corrected chi connectivity index (χ1v) is 8.19. The number of carboxylic acids is 1. The molecule has 132 valence electrons. The second-order valence-electron chi connectivity index (χ2n) is 6.13. The van der Waals surface area contributed by atoms with Gasteiger partial charge in [0.15, 0.2) is 6.61 Å². The van der Waals surface area contributed by atoms with Gasteiger partial charge in [0.25, 0.3) is 5.91 Å². The SMILES string of the molecule is CC(NC(=O)COc1ccc2c3c(c(=O)oc2c1)CCCC3)C(=O)O. The lowest BCUT2D eigenvalue weighted by Gasteiger charge is -2.16. The predicted molar refractivity (Wildman–Crippen MR) is 89.9 cm³/mol. The monoisotopic (exact) mass is 345 g/mol. The van der Waals surface area contributed by atoms with Crippen molar-refractivity contribution in [2.75, 3.05) is 6.61 Å². The van der Waals surface area contributed by atoms with Crippen molar-refractivity contribution < 1.29 is 23.8 Å². The van der Waals surface area contributed by atoms with E-state index in [0.29, 0.717) is 11.3 Å². The van der Waals surface area contributed by atoms with Crippen molar-refractivity contribution in [2.24, 2.45) is 0 Å². The molecular formula is C18H19NO6. The molecule has 2 aromatic rings. The number of ether oxygens (including phenoxy) is 1. The number of hydrogen-bond donors (Lipinski definition) is 2. The third-order valence-electron chi connectivity index (χ3n) is 4.31. The quantitative estimate of drug-likeness (QED) is 0.798. The van der Waals surface area contributed by atoms with E-state index in [-0.39, 0.29) is 12.2 Å². The molecule has 1 aliphatic rings. The number of rotatable bonds is 5. The van der Waals surface area contributed by atoms with Crippen LogP contribution in [0.25, 0.3) is 11.0 Å². The molecule has 0 fully saturated rings. The van der Waals surface area contributed by atoms with Crippen LogP contribution in [0.1, 0.15) is 30.9 Å². The van der Waals surface area contributed by atoms with Crippen LogP contribution in [0.3, 0.4) is 0 Å². The van der Waals surface area contributed by atoms with Gasteiger partial charge in [-0.05, 0) is 50.3 Å². The van der Waals surface area contributed by atoms with Gasteiger partial charge < -0.3 is 19.6 Å². The first-order chi connectivity index (χ1) is 12.0. The molecule has 1 aromatic carbocycles. The Kier molecular flexibility index (Phi) is 4.74. The maximum absolute atomic E-state index is 12.1. The highest BCUT2D eigenvalue weighted by atomic mass is 16.5. The van der Waals surface area contributed by atoms with Crippen LogP contribution >= 0.6 is 0 Å². The van der Waals surface area contributed by atoms with E-state index in [1.165, 1.54) is 6.92 Å². The molecule has 0 aliphatic heterocycles. The van der Waals surface area contributed by atoms with Crippen molar-refractivity contribution in [3.8, 4) is 5.75 Å². The molecule has 25 heavy (non-hydrogen) atoms. The van der Waals surface area contributed by atoms with Crippen LogP contribution in [0.5, 0.6) is 5.75 Å². The van der Waals surface area contributed by atoms with Gasteiger partial charge in [0.05, 0.1) is 0 Å². The summed E-state index contributed by atoms with van der Waals surface area (Å²) in [6.45, 7) is 1.05. The summed E-state index contributed by atoms with van der Waals surface area (Å²) >= 11 is 0. The van der Waals surface area contributed by atoms with Crippen molar-refractivity contribution in [1.82, 2.24) is 5.32 Å². The van der Waals surface area contributed by atoms with Gasteiger partial charge in [-0.3, -0.25) is 9.59 Å². The highest BCUT2D eigenvalue weighted by Gasteiger charge is 2.18. The molecule has 3 rings (SSSR count). The Bertz CT molecular complexity index is 885. The Labute approximate surface area is 143 Å². The Morgan fingerprint density at radius 1 is 1.28 bits per heavy atom. The second-order valence-corrected chi connectivity index (χ2v) is 6.13. The maximum atomic E-state index is 12.1. The maximum Gasteiger partial charge on any atom is 0.339 e. The van der Waals surface area contributed by atoms with E-state index in [9.17, 15) is 14.4 Å². The minimum Gasteiger partial charge on any atom is -0.484 e. The first-order valence-electron chi connectivity index (χ1n) is 8.19. The summed E-state index contributed by atoms with van der Waals surface area (Å²) in [6, 6.07) is 4.14. The van der Waals surface area contributed by atoms with Crippen LogP contribution in [0.15, 0.2) is 27.4 Å². The van der Waals surface area contributed by atoms with Gasteiger partial charge in [-0.2, -0.15) is 0 Å². The van der Waals surface area contributed by atoms with Crippen LogP contribution in [0.4, 0.5) is 0 Å². The van der Waals surface area contributed by atoms with E-state index in [2.05, 4.69) is 5.32 Å². The van der Waals surface area contributed by atoms with Crippen molar-refractivity contribution >= 4 is 22.8 Å².